The molecule has 0 aliphatic heterocycles. The van der Waals surface area contributed by atoms with Crippen LogP contribution in [0.15, 0.2) is 24.3 Å². The molecule has 0 fully saturated rings. The second-order valence-corrected chi connectivity index (χ2v) is 5.94. The quantitative estimate of drug-likeness (QED) is 0.511. The van der Waals surface area contributed by atoms with E-state index in [4.69, 9.17) is 0 Å². The number of aliphatic carboxylic acids is 1. The van der Waals surface area contributed by atoms with Gasteiger partial charge in [0.25, 0.3) is 0 Å². The molecule has 0 amide bonds. The molecular formula is C14H19KNO3. The molecule has 5 heteroatoms. The number of hydroxylamine groups is 1. The molecule has 0 heterocycles. The van der Waals surface area contributed by atoms with E-state index in [1.54, 1.807) is 12.1 Å². The maximum absolute atomic E-state index is 12.0. The van der Waals surface area contributed by atoms with Crippen molar-refractivity contribution >= 4 is 11.7 Å². The monoisotopic (exact) mass is 288 g/mol. The van der Waals surface area contributed by atoms with Gasteiger partial charge in [-0.1, -0.05) is 38.1 Å². The predicted molar refractivity (Wildman–Crippen MR) is 67.4 cm³/mol. The molecule has 0 bridgehead atoms. The minimum atomic E-state index is -1.58. The summed E-state index contributed by atoms with van der Waals surface area (Å²) >= 11 is 0. The van der Waals surface area contributed by atoms with Gasteiger partial charge < -0.3 is 9.90 Å². The van der Waals surface area contributed by atoms with Crippen molar-refractivity contribution in [2.75, 3.05) is 5.06 Å². The molecule has 4 nitrogen and oxygen atoms in total. The molecule has 1 aromatic carbocycles. The molecule has 0 N–H and O–H groups in total. The van der Waals surface area contributed by atoms with Gasteiger partial charge in [-0.25, -0.2) is 5.06 Å². The zero-order valence-corrected chi connectivity index (χ0v) is 15.6. The topological polar surface area (TPSA) is 63.3 Å². The van der Waals surface area contributed by atoms with Crippen molar-refractivity contribution in [3.8, 4) is 0 Å². The molecule has 0 saturated heterocycles. The molecule has 1 radical (unpaired) electrons. The summed E-state index contributed by atoms with van der Waals surface area (Å²) in [4.78, 5) is 10.9. The van der Waals surface area contributed by atoms with Crippen LogP contribution in [0.4, 0.5) is 5.69 Å². The van der Waals surface area contributed by atoms with E-state index in [1.807, 2.05) is 12.1 Å². The van der Waals surface area contributed by atoms with Gasteiger partial charge in [0.2, 0.25) is 0 Å². The van der Waals surface area contributed by atoms with Gasteiger partial charge >= 0.3 is 51.4 Å². The fourth-order valence-electron chi connectivity index (χ4n) is 1.50. The molecule has 19 heavy (non-hydrogen) atoms. The van der Waals surface area contributed by atoms with Gasteiger partial charge in [-0.2, -0.15) is 0 Å². The van der Waals surface area contributed by atoms with Gasteiger partial charge in [0.15, 0.2) is 0 Å². The summed E-state index contributed by atoms with van der Waals surface area (Å²) in [5, 5.41) is 23.3. The number of carboxylic acid groups (broad SMARTS) is 1. The third-order valence-electron chi connectivity index (χ3n) is 2.98. The van der Waals surface area contributed by atoms with Crippen LogP contribution in [0.2, 0.25) is 0 Å². The molecule has 0 saturated carbocycles. The molecule has 1 rings (SSSR count). The number of anilines is 1. The van der Waals surface area contributed by atoms with Gasteiger partial charge in [-0.05, 0) is 37.0 Å². The van der Waals surface area contributed by atoms with Gasteiger partial charge in [-0.15, -0.1) is 0 Å². The molecule has 0 unspecified atom stereocenters. The largest absolute Gasteiger partial charge is 1.00 e. The van der Waals surface area contributed by atoms with E-state index in [2.05, 4.69) is 20.8 Å². The molecule has 0 aliphatic rings. The van der Waals surface area contributed by atoms with Crippen molar-refractivity contribution in [3.05, 3.63) is 29.8 Å². The maximum Gasteiger partial charge on any atom is 1.00 e. The maximum atomic E-state index is 12.0. The van der Waals surface area contributed by atoms with Crippen LogP contribution in [0.3, 0.4) is 0 Å². The Kier molecular flexibility index (Phi) is 6.72. The van der Waals surface area contributed by atoms with Gasteiger partial charge in [-0.3, -0.25) is 0 Å². The molecule has 0 aromatic heterocycles. The normalized spacial score (nSPS) is 11.7. The Balaban J connectivity index is 0.00000324. The predicted octanol–water partition coefficient (Wildman–Crippen LogP) is -1.33. The summed E-state index contributed by atoms with van der Waals surface area (Å²) in [7, 11) is 0. The summed E-state index contributed by atoms with van der Waals surface area (Å²) in [6, 6.07) is 6.95. The van der Waals surface area contributed by atoms with Gasteiger partial charge in [0.1, 0.15) is 5.54 Å². The first-order valence-electron chi connectivity index (χ1n) is 5.86. The van der Waals surface area contributed by atoms with Crippen molar-refractivity contribution in [1.82, 2.24) is 0 Å². The van der Waals surface area contributed by atoms with Crippen molar-refractivity contribution in [1.29, 1.82) is 0 Å². The van der Waals surface area contributed by atoms with Crippen LogP contribution in [0.1, 0.15) is 40.2 Å². The molecule has 0 atom stereocenters. The number of hydrogen-bond donors (Lipinski definition) is 0. The first-order chi connectivity index (χ1) is 8.06. The van der Waals surface area contributed by atoms with E-state index >= 15 is 0 Å². The summed E-state index contributed by atoms with van der Waals surface area (Å²) in [6.45, 7) is 8.87. The van der Waals surface area contributed by atoms with E-state index in [0.29, 0.717) is 10.8 Å². The Morgan fingerprint density at radius 3 is 1.79 bits per heavy atom. The first-order valence-corrected chi connectivity index (χ1v) is 5.86. The Labute approximate surface area is 157 Å². The summed E-state index contributed by atoms with van der Waals surface area (Å²) in [5.74, 6) is -1.39. The SMILES string of the molecule is CC(C)(C)c1ccc(N([O])C(C)(C)C(=O)[O-])cc1.[K+]. The fraction of sp³-hybridized carbons (Fsp3) is 0.500. The van der Waals surface area contributed by atoms with Crippen LogP contribution >= 0.6 is 0 Å². The second-order valence-electron chi connectivity index (χ2n) is 5.94. The average Bonchev–Trinajstić information content (AvgIpc) is 2.26. The fourth-order valence-corrected chi connectivity index (χ4v) is 1.50. The first kappa shape index (κ1) is 19.1. The Morgan fingerprint density at radius 2 is 1.47 bits per heavy atom. The molecule has 1 aromatic rings. The van der Waals surface area contributed by atoms with E-state index in [9.17, 15) is 15.1 Å². The summed E-state index contributed by atoms with van der Waals surface area (Å²) in [5.41, 5.74) is -0.178. The summed E-state index contributed by atoms with van der Waals surface area (Å²) < 4.78 is 0. The third-order valence-corrected chi connectivity index (χ3v) is 2.98. The van der Waals surface area contributed by atoms with Gasteiger partial charge in [0, 0.05) is 0 Å². The van der Waals surface area contributed by atoms with Crippen molar-refractivity contribution in [2.24, 2.45) is 0 Å². The standard InChI is InChI=1S/C14H20NO3.K/c1-13(2,3)10-6-8-11(9-7-10)15(18)14(4,5)12(16)17;/h6-9H,1-5H3,(H,16,17);/q;+1/p-1. The number of carbonyl (C=O) groups is 1. The number of carbonyl (C=O) groups excluding carboxylic acids is 1. The van der Waals surface area contributed by atoms with Gasteiger partial charge in [0.05, 0.1) is 11.7 Å². The Morgan fingerprint density at radius 1 is 1.05 bits per heavy atom. The van der Waals surface area contributed by atoms with Crippen molar-refractivity contribution in [2.45, 2.75) is 45.6 Å². The second kappa shape index (κ2) is 6.69. The molecule has 99 valence electrons. The van der Waals surface area contributed by atoms with Crippen LogP contribution in [-0.4, -0.2) is 11.5 Å². The number of rotatable bonds is 3. The molecule has 0 spiro atoms. The van der Waals surface area contributed by atoms with Crippen LogP contribution < -0.4 is 61.6 Å². The minimum Gasteiger partial charge on any atom is -0.547 e. The molecular weight excluding hydrogens is 269 g/mol. The number of nitrogens with zero attached hydrogens (tertiary/aromatic N) is 1. The van der Waals surface area contributed by atoms with E-state index in [-0.39, 0.29) is 56.8 Å². The minimum absolute atomic E-state index is 0. The zero-order valence-electron chi connectivity index (χ0n) is 12.5. The smallest absolute Gasteiger partial charge is 0.547 e. The zero-order chi connectivity index (χ0) is 14.1. The van der Waals surface area contributed by atoms with Crippen LogP contribution in [-0.2, 0) is 15.4 Å². The van der Waals surface area contributed by atoms with E-state index in [0.717, 1.165) is 5.56 Å². The van der Waals surface area contributed by atoms with Crippen LogP contribution in [0, 0.1) is 0 Å². The summed E-state index contributed by atoms with van der Waals surface area (Å²) in [6.07, 6.45) is 0. The Hall–Kier alpha value is 0.0864. The number of hydrogen-bond acceptors (Lipinski definition) is 3. The van der Waals surface area contributed by atoms with E-state index < -0.39 is 11.5 Å². The average molecular weight is 288 g/mol. The third kappa shape index (κ3) is 4.55. The van der Waals surface area contributed by atoms with Crippen LogP contribution in [0.5, 0.6) is 0 Å². The number of carboxylic acids is 1. The number of benzene rings is 1. The van der Waals surface area contributed by atoms with Crippen molar-refractivity contribution in [3.63, 3.8) is 0 Å². The van der Waals surface area contributed by atoms with Crippen molar-refractivity contribution < 1.29 is 66.5 Å². The van der Waals surface area contributed by atoms with Crippen LogP contribution in [0.25, 0.3) is 0 Å². The van der Waals surface area contributed by atoms with E-state index in [1.165, 1.54) is 13.8 Å². The molecule has 0 aliphatic carbocycles. The Bertz CT molecular complexity index is 435.